The second kappa shape index (κ2) is 5.87. The number of phenolic OH excluding ortho intramolecular Hbond substituents is 1. The Kier molecular flexibility index (Phi) is 4.20. The molecule has 1 aliphatic rings. The third-order valence-electron chi connectivity index (χ3n) is 3.45. The Hall–Kier alpha value is -1.55. The van der Waals surface area contributed by atoms with Crippen molar-refractivity contribution in [3.63, 3.8) is 0 Å². The molecule has 1 heterocycles. The molecule has 2 N–H and O–H groups in total. The Morgan fingerprint density at radius 2 is 2.28 bits per heavy atom. The number of aromatic hydroxyl groups is 1. The van der Waals surface area contributed by atoms with Gasteiger partial charge in [0, 0.05) is 19.5 Å². The fourth-order valence-electron chi connectivity index (χ4n) is 2.53. The summed E-state index contributed by atoms with van der Waals surface area (Å²) in [5, 5.41) is 18.1. The maximum Gasteiger partial charge on any atom is 0.303 e. The maximum atomic E-state index is 10.5. The number of aliphatic carboxylic acids is 1. The van der Waals surface area contributed by atoms with Gasteiger partial charge in [-0.3, -0.25) is 9.69 Å². The highest BCUT2D eigenvalue weighted by atomic mass is 16.4. The first-order valence-corrected chi connectivity index (χ1v) is 6.35. The molecule has 0 bridgehead atoms. The number of carboxylic acids is 1. The first kappa shape index (κ1) is 12.9. The molecule has 2 rings (SSSR count). The first-order valence-electron chi connectivity index (χ1n) is 6.35. The molecule has 1 atom stereocenters. The minimum Gasteiger partial charge on any atom is -0.508 e. The molecule has 1 aromatic rings. The third kappa shape index (κ3) is 3.74. The highest BCUT2D eigenvalue weighted by molar-refractivity contribution is 5.66. The summed E-state index contributed by atoms with van der Waals surface area (Å²) in [4.78, 5) is 12.8. The van der Waals surface area contributed by atoms with Gasteiger partial charge in [-0.2, -0.15) is 0 Å². The fraction of sp³-hybridized carbons (Fsp3) is 0.500. The van der Waals surface area contributed by atoms with Gasteiger partial charge in [-0.05, 0) is 43.0 Å². The highest BCUT2D eigenvalue weighted by Gasteiger charge is 2.22. The van der Waals surface area contributed by atoms with Crippen molar-refractivity contribution >= 4 is 5.97 Å². The highest BCUT2D eigenvalue weighted by Crippen LogP contribution is 2.23. The van der Waals surface area contributed by atoms with E-state index >= 15 is 0 Å². The zero-order valence-corrected chi connectivity index (χ0v) is 10.4. The molecular weight excluding hydrogens is 230 g/mol. The summed E-state index contributed by atoms with van der Waals surface area (Å²) in [6.07, 6.45) is 2.11. The predicted molar refractivity (Wildman–Crippen MR) is 68.4 cm³/mol. The Balaban J connectivity index is 1.80. The Morgan fingerprint density at radius 3 is 3.00 bits per heavy atom. The van der Waals surface area contributed by atoms with E-state index in [9.17, 15) is 9.90 Å². The Labute approximate surface area is 107 Å². The molecule has 1 unspecified atom stereocenters. The van der Waals surface area contributed by atoms with E-state index in [2.05, 4.69) is 4.90 Å². The van der Waals surface area contributed by atoms with Crippen LogP contribution in [-0.4, -0.2) is 34.2 Å². The minimum absolute atomic E-state index is 0.268. The summed E-state index contributed by atoms with van der Waals surface area (Å²) >= 11 is 0. The van der Waals surface area contributed by atoms with Gasteiger partial charge >= 0.3 is 5.97 Å². The molecule has 1 aromatic carbocycles. The summed E-state index contributed by atoms with van der Waals surface area (Å²) in [6, 6.07) is 7.31. The molecule has 0 aliphatic carbocycles. The van der Waals surface area contributed by atoms with E-state index in [4.69, 9.17) is 5.11 Å². The number of benzene rings is 1. The lowest BCUT2D eigenvalue weighted by atomic mass is 10.0. The molecule has 0 saturated carbocycles. The smallest absolute Gasteiger partial charge is 0.303 e. The molecule has 4 nitrogen and oxygen atoms in total. The van der Waals surface area contributed by atoms with E-state index < -0.39 is 5.97 Å². The van der Waals surface area contributed by atoms with Gasteiger partial charge in [-0.15, -0.1) is 0 Å². The van der Waals surface area contributed by atoms with Gasteiger partial charge in [0.2, 0.25) is 0 Å². The lowest BCUT2D eigenvalue weighted by Gasteiger charge is -2.16. The van der Waals surface area contributed by atoms with E-state index in [1.807, 2.05) is 12.1 Å². The van der Waals surface area contributed by atoms with Crippen molar-refractivity contribution in [2.24, 2.45) is 5.92 Å². The molecular formula is C14H19NO3. The topological polar surface area (TPSA) is 60.8 Å². The largest absolute Gasteiger partial charge is 0.508 e. The molecule has 1 aliphatic heterocycles. The second-order valence-corrected chi connectivity index (χ2v) is 4.99. The number of hydrogen-bond acceptors (Lipinski definition) is 3. The van der Waals surface area contributed by atoms with Crippen LogP contribution in [0.4, 0.5) is 0 Å². The van der Waals surface area contributed by atoms with E-state index in [1.54, 1.807) is 12.1 Å². The lowest BCUT2D eigenvalue weighted by molar-refractivity contribution is -0.137. The predicted octanol–water partition coefficient (Wildman–Crippen LogP) is 2.08. The van der Waals surface area contributed by atoms with Crippen molar-refractivity contribution in [1.29, 1.82) is 0 Å². The zero-order chi connectivity index (χ0) is 13.0. The molecule has 0 spiro atoms. The summed E-state index contributed by atoms with van der Waals surface area (Å²) in [6.45, 7) is 2.81. The van der Waals surface area contributed by atoms with Gasteiger partial charge in [0.25, 0.3) is 0 Å². The average molecular weight is 249 g/mol. The van der Waals surface area contributed by atoms with Crippen molar-refractivity contribution in [1.82, 2.24) is 4.90 Å². The molecule has 0 aromatic heterocycles. The van der Waals surface area contributed by atoms with Crippen LogP contribution < -0.4 is 0 Å². The van der Waals surface area contributed by atoms with Crippen LogP contribution in [0.25, 0.3) is 0 Å². The third-order valence-corrected chi connectivity index (χ3v) is 3.45. The zero-order valence-electron chi connectivity index (χ0n) is 10.4. The number of carboxylic acid groups (broad SMARTS) is 1. The Bertz CT molecular complexity index is 419. The molecule has 4 heteroatoms. The van der Waals surface area contributed by atoms with Crippen molar-refractivity contribution in [3.8, 4) is 5.75 Å². The summed E-state index contributed by atoms with van der Waals surface area (Å²) in [5.74, 6) is 0.0916. The van der Waals surface area contributed by atoms with Gasteiger partial charge in [0.15, 0.2) is 0 Å². The van der Waals surface area contributed by atoms with E-state index in [-0.39, 0.29) is 6.42 Å². The van der Waals surface area contributed by atoms with Crippen molar-refractivity contribution in [2.45, 2.75) is 25.8 Å². The van der Waals surface area contributed by atoms with Crippen LogP contribution in [0.15, 0.2) is 24.3 Å². The molecule has 18 heavy (non-hydrogen) atoms. The van der Waals surface area contributed by atoms with Crippen LogP contribution in [0.5, 0.6) is 5.75 Å². The van der Waals surface area contributed by atoms with Crippen LogP contribution in [0.2, 0.25) is 0 Å². The van der Waals surface area contributed by atoms with Crippen LogP contribution in [-0.2, 0) is 11.3 Å². The van der Waals surface area contributed by atoms with Crippen molar-refractivity contribution in [3.05, 3.63) is 29.8 Å². The fourth-order valence-corrected chi connectivity index (χ4v) is 2.53. The van der Waals surface area contributed by atoms with Crippen LogP contribution in [0, 0.1) is 5.92 Å². The Morgan fingerprint density at radius 1 is 1.44 bits per heavy atom. The summed E-state index contributed by atoms with van der Waals surface area (Å²) in [7, 11) is 0. The number of nitrogens with zero attached hydrogens (tertiary/aromatic N) is 1. The number of rotatable bonds is 5. The molecule has 0 amide bonds. The van der Waals surface area contributed by atoms with Crippen molar-refractivity contribution < 1.29 is 15.0 Å². The lowest BCUT2D eigenvalue weighted by Crippen LogP contribution is -2.20. The van der Waals surface area contributed by atoms with Gasteiger partial charge in [-0.1, -0.05) is 12.1 Å². The van der Waals surface area contributed by atoms with Crippen molar-refractivity contribution in [2.75, 3.05) is 13.1 Å². The maximum absolute atomic E-state index is 10.5. The summed E-state index contributed by atoms with van der Waals surface area (Å²) < 4.78 is 0. The van der Waals surface area contributed by atoms with Crippen LogP contribution in [0.3, 0.4) is 0 Å². The SMILES string of the molecule is O=C(O)CCC1CCN(Cc2cccc(O)c2)C1. The average Bonchev–Trinajstić information content (AvgIpc) is 2.74. The van der Waals surface area contributed by atoms with Crippen LogP contribution >= 0.6 is 0 Å². The summed E-state index contributed by atoms with van der Waals surface area (Å²) in [5.41, 5.74) is 1.11. The number of phenols is 1. The van der Waals surface area contributed by atoms with Crippen LogP contribution in [0.1, 0.15) is 24.8 Å². The standard InChI is InChI=1S/C14H19NO3/c16-13-3-1-2-12(8-13)10-15-7-6-11(9-15)4-5-14(17)18/h1-3,8,11,16H,4-7,9-10H2,(H,17,18). The first-order chi connectivity index (χ1) is 8.63. The normalized spacial score (nSPS) is 20.1. The van der Waals surface area contributed by atoms with Gasteiger partial charge in [0.1, 0.15) is 5.75 Å². The van der Waals surface area contributed by atoms with E-state index in [0.717, 1.165) is 38.0 Å². The quantitative estimate of drug-likeness (QED) is 0.838. The van der Waals surface area contributed by atoms with Gasteiger partial charge in [-0.25, -0.2) is 0 Å². The minimum atomic E-state index is -0.707. The molecule has 1 saturated heterocycles. The van der Waals surface area contributed by atoms with Gasteiger partial charge < -0.3 is 10.2 Å². The number of likely N-dealkylation sites (tertiary alicyclic amines) is 1. The number of hydrogen-bond donors (Lipinski definition) is 2. The van der Waals surface area contributed by atoms with E-state index in [0.29, 0.717) is 11.7 Å². The second-order valence-electron chi connectivity index (χ2n) is 4.99. The monoisotopic (exact) mass is 249 g/mol. The number of carbonyl (C=O) groups is 1. The molecule has 98 valence electrons. The van der Waals surface area contributed by atoms with E-state index in [1.165, 1.54) is 0 Å². The van der Waals surface area contributed by atoms with Gasteiger partial charge in [0.05, 0.1) is 0 Å². The molecule has 1 fully saturated rings. The molecule has 0 radical (unpaired) electrons.